The van der Waals surface area contributed by atoms with Crippen molar-refractivity contribution in [2.24, 2.45) is 0 Å². The molecule has 0 aromatic heterocycles. The van der Waals surface area contributed by atoms with Crippen molar-refractivity contribution in [3.8, 4) is 11.1 Å². The molecule has 0 spiro atoms. The Kier molecular flexibility index (Phi) is 3.77. The molecule has 0 aliphatic heterocycles. The van der Waals surface area contributed by atoms with E-state index in [1.54, 1.807) is 12.1 Å². The lowest BCUT2D eigenvalue weighted by Crippen LogP contribution is -2.08. The van der Waals surface area contributed by atoms with Crippen LogP contribution in [0.15, 0.2) is 36.4 Å². The Morgan fingerprint density at radius 2 is 1.43 bits per heavy atom. The maximum atomic E-state index is 12.9. The van der Waals surface area contributed by atoms with Gasteiger partial charge in [-0.2, -0.15) is 13.2 Å². The Morgan fingerprint density at radius 3 is 1.90 bits per heavy atom. The summed E-state index contributed by atoms with van der Waals surface area (Å²) in [6.45, 7) is 3.67. The molecule has 0 bridgehead atoms. The number of hydrogen-bond acceptors (Lipinski definition) is 1. The maximum Gasteiger partial charge on any atom is 0.416 e. The van der Waals surface area contributed by atoms with Gasteiger partial charge in [-0.05, 0) is 43.2 Å². The molecule has 2 rings (SSSR count). The molecule has 2 aromatic carbocycles. The van der Waals surface area contributed by atoms with Crippen LogP contribution in [0.4, 0.5) is 13.2 Å². The van der Waals surface area contributed by atoms with Crippen molar-refractivity contribution < 1.29 is 23.1 Å². The predicted molar refractivity (Wildman–Crippen MR) is 73.3 cm³/mol. The average molecular weight is 294 g/mol. The molecule has 2 aromatic rings. The van der Waals surface area contributed by atoms with Crippen molar-refractivity contribution in [1.29, 1.82) is 0 Å². The van der Waals surface area contributed by atoms with Gasteiger partial charge in [-0.3, -0.25) is 0 Å². The summed E-state index contributed by atoms with van der Waals surface area (Å²) < 4.78 is 38.7. The summed E-state index contributed by atoms with van der Waals surface area (Å²) in [6, 6.07) is 8.23. The summed E-state index contributed by atoms with van der Waals surface area (Å²) in [4.78, 5) is 11.0. The largest absolute Gasteiger partial charge is 0.478 e. The number of alkyl halides is 3. The number of aromatic carboxylic acids is 1. The van der Waals surface area contributed by atoms with Crippen LogP contribution in [0.1, 0.15) is 27.0 Å². The molecule has 2 nitrogen and oxygen atoms in total. The van der Waals surface area contributed by atoms with Gasteiger partial charge in [-0.1, -0.05) is 29.3 Å². The van der Waals surface area contributed by atoms with Crippen LogP contribution in [-0.2, 0) is 6.18 Å². The van der Waals surface area contributed by atoms with Crippen LogP contribution in [0.5, 0.6) is 0 Å². The summed E-state index contributed by atoms with van der Waals surface area (Å²) in [5.41, 5.74) is 1.28. The number of carboxylic acids is 1. The zero-order valence-corrected chi connectivity index (χ0v) is 11.5. The van der Waals surface area contributed by atoms with Crippen molar-refractivity contribution in [1.82, 2.24) is 0 Å². The molecule has 0 radical (unpaired) electrons. The normalized spacial score (nSPS) is 11.5. The molecule has 0 aliphatic carbocycles. The third-order valence-electron chi connectivity index (χ3n) is 3.06. The lowest BCUT2D eigenvalue weighted by molar-refractivity contribution is -0.137. The Labute approximate surface area is 119 Å². The lowest BCUT2D eigenvalue weighted by atomic mass is 9.97. The van der Waals surface area contributed by atoms with Gasteiger partial charge >= 0.3 is 12.1 Å². The Balaban J connectivity index is 2.67. The van der Waals surface area contributed by atoms with Gasteiger partial charge in [-0.15, -0.1) is 0 Å². The van der Waals surface area contributed by atoms with Gasteiger partial charge in [0.25, 0.3) is 0 Å². The molecule has 0 heterocycles. The second-order valence-electron chi connectivity index (χ2n) is 4.98. The standard InChI is InChI=1S/C16H13F3O2/c1-9-3-10(2)5-11(4-9)12-6-13(15(20)21)8-14(7-12)16(17,18)19/h3-8H,1-2H3,(H,20,21). The van der Waals surface area contributed by atoms with Crippen LogP contribution in [-0.4, -0.2) is 11.1 Å². The lowest BCUT2D eigenvalue weighted by Gasteiger charge is -2.12. The molecular weight excluding hydrogens is 281 g/mol. The second kappa shape index (κ2) is 5.24. The van der Waals surface area contributed by atoms with Crippen LogP contribution < -0.4 is 0 Å². The van der Waals surface area contributed by atoms with E-state index in [1.165, 1.54) is 6.07 Å². The molecule has 110 valence electrons. The van der Waals surface area contributed by atoms with Gasteiger partial charge < -0.3 is 5.11 Å². The van der Waals surface area contributed by atoms with E-state index < -0.39 is 17.7 Å². The third kappa shape index (κ3) is 3.42. The molecule has 0 atom stereocenters. The molecule has 0 amide bonds. The van der Waals surface area contributed by atoms with E-state index in [9.17, 15) is 18.0 Å². The topological polar surface area (TPSA) is 37.3 Å². The Morgan fingerprint density at radius 1 is 0.905 bits per heavy atom. The molecule has 0 aliphatic rings. The van der Waals surface area contributed by atoms with E-state index in [0.29, 0.717) is 11.6 Å². The molecular formula is C16H13F3O2. The highest BCUT2D eigenvalue weighted by Gasteiger charge is 2.32. The van der Waals surface area contributed by atoms with Crippen molar-refractivity contribution in [2.75, 3.05) is 0 Å². The third-order valence-corrected chi connectivity index (χ3v) is 3.06. The van der Waals surface area contributed by atoms with E-state index in [0.717, 1.165) is 17.2 Å². The number of aryl methyl sites for hydroxylation is 2. The van der Waals surface area contributed by atoms with Crippen molar-refractivity contribution in [3.63, 3.8) is 0 Å². The first-order valence-corrected chi connectivity index (χ1v) is 6.21. The summed E-state index contributed by atoms with van der Waals surface area (Å²) in [6.07, 6.45) is -4.58. The van der Waals surface area contributed by atoms with E-state index in [-0.39, 0.29) is 11.1 Å². The van der Waals surface area contributed by atoms with E-state index in [4.69, 9.17) is 5.11 Å². The number of carboxylic acid groups (broad SMARTS) is 1. The predicted octanol–water partition coefficient (Wildman–Crippen LogP) is 4.69. The highest BCUT2D eigenvalue weighted by molar-refractivity contribution is 5.90. The first-order chi connectivity index (χ1) is 9.66. The fourth-order valence-corrected chi connectivity index (χ4v) is 2.22. The maximum absolute atomic E-state index is 12.9. The first-order valence-electron chi connectivity index (χ1n) is 6.21. The monoisotopic (exact) mass is 294 g/mol. The van der Waals surface area contributed by atoms with E-state index in [1.807, 2.05) is 19.9 Å². The van der Waals surface area contributed by atoms with Crippen LogP contribution >= 0.6 is 0 Å². The summed E-state index contributed by atoms with van der Waals surface area (Å²) in [5, 5.41) is 8.99. The van der Waals surface area contributed by atoms with Crippen molar-refractivity contribution in [3.05, 3.63) is 58.7 Å². The molecule has 0 saturated heterocycles. The number of benzene rings is 2. The Bertz CT molecular complexity index is 683. The van der Waals surface area contributed by atoms with Gasteiger partial charge in [0, 0.05) is 0 Å². The van der Waals surface area contributed by atoms with Gasteiger partial charge in [0.15, 0.2) is 0 Å². The average Bonchev–Trinajstić information content (AvgIpc) is 2.36. The molecule has 1 N–H and O–H groups in total. The summed E-state index contributed by atoms with van der Waals surface area (Å²) >= 11 is 0. The van der Waals surface area contributed by atoms with Gasteiger partial charge in [0.1, 0.15) is 0 Å². The molecule has 5 heteroatoms. The zero-order chi connectivity index (χ0) is 15.8. The second-order valence-corrected chi connectivity index (χ2v) is 4.98. The number of halogens is 3. The van der Waals surface area contributed by atoms with E-state index >= 15 is 0 Å². The minimum atomic E-state index is -4.58. The quantitative estimate of drug-likeness (QED) is 0.872. The first kappa shape index (κ1) is 15.1. The smallest absolute Gasteiger partial charge is 0.416 e. The van der Waals surface area contributed by atoms with Gasteiger partial charge in [0.05, 0.1) is 11.1 Å². The minimum Gasteiger partial charge on any atom is -0.478 e. The molecule has 0 saturated carbocycles. The van der Waals surface area contributed by atoms with Gasteiger partial charge in [-0.25, -0.2) is 4.79 Å². The number of carbonyl (C=O) groups is 1. The van der Waals surface area contributed by atoms with Crippen LogP contribution in [0.2, 0.25) is 0 Å². The minimum absolute atomic E-state index is 0.244. The highest BCUT2D eigenvalue weighted by atomic mass is 19.4. The van der Waals surface area contributed by atoms with Crippen molar-refractivity contribution >= 4 is 5.97 Å². The molecule has 0 unspecified atom stereocenters. The van der Waals surface area contributed by atoms with Gasteiger partial charge in [0.2, 0.25) is 0 Å². The SMILES string of the molecule is Cc1cc(C)cc(-c2cc(C(=O)O)cc(C(F)(F)F)c2)c1. The summed E-state index contributed by atoms with van der Waals surface area (Å²) in [5.74, 6) is -1.38. The fraction of sp³-hybridized carbons (Fsp3) is 0.188. The van der Waals surface area contributed by atoms with Crippen LogP contribution in [0.3, 0.4) is 0 Å². The molecule has 21 heavy (non-hydrogen) atoms. The fourth-order valence-electron chi connectivity index (χ4n) is 2.22. The van der Waals surface area contributed by atoms with Crippen LogP contribution in [0.25, 0.3) is 11.1 Å². The number of hydrogen-bond donors (Lipinski definition) is 1. The highest BCUT2D eigenvalue weighted by Crippen LogP contribution is 2.34. The summed E-state index contributed by atoms with van der Waals surface area (Å²) in [7, 11) is 0. The molecule has 0 fully saturated rings. The van der Waals surface area contributed by atoms with Crippen LogP contribution in [0, 0.1) is 13.8 Å². The van der Waals surface area contributed by atoms with Crippen molar-refractivity contribution in [2.45, 2.75) is 20.0 Å². The zero-order valence-electron chi connectivity index (χ0n) is 11.5. The Hall–Kier alpha value is -2.30. The van der Waals surface area contributed by atoms with E-state index in [2.05, 4.69) is 0 Å². The number of rotatable bonds is 2.